The molecule has 0 amide bonds. The summed E-state index contributed by atoms with van der Waals surface area (Å²) in [6.45, 7) is 1.95. The molecule has 0 aliphatic rings. The molecule has 21 heavy (non-hydrogen) atoms. The molecule has 0 spiro atoms. The van der Waals surface area contributed by atoms with Crippen LogP contribution in [0.1, 0.15) is 11.1 Å². The van der Waals surface area contributed by atoms with E-state index < -0.39 is 5.97 Å². The highest BCUT2D eigenvalue weighted by Gasteiger charge is 2.17. The number of aryl methyl sites for hydroxylation is 1. The summed E-state index contributed by atoms with van der Waals surface area (Å²) in [6, 6.07) is 11.5. The second kappa shape index (κ2) is 5.47. The molecule has 0 aliphatic carbocycles. The Bertz CT molecular complexity index is 841. The van der Waals surface area contributed by atoms with Crippen LogP contribution >= 0.6 is 22.9 Å². The number of benzene rings is 1. The number of fused-ring (bicyclic) bond motifs is 1. The monoisotopic (exact) mass is 317 g/mol. The third-order valence-electron chi connectivity index (χ3n) is 3.41. The van der Waals surface area contributed by atoms with Gasteiger partial charge in [0.15, 0.2) is 0 Å². The van der Waals surface area contributed by atoms with Crippen LogP contribution in [0.5, 0.6) is 0 Å². The molecule has 5 heteroatoms. The number of thiophene rings is 1. The van der Waals surface area contributed by atoms with Crippen molar-refractivity contribution in [2.24, 2.45) is 0 Å². The summed E-state index contributed by atoms with van der Waals surface area (Å²) in [5.74, 6) is -0.862. The molecular weight excluding hydrogens is 306 g/mol. The van der Waals surface area contributed by atoms with Crippen LogP contribution in [-0.4, -0.2) is 16.1 Å². The number of nitrogens with zero attached hydrogens (tertiary/aromatic N) is 1. The maximum Gasteiger partial charge on any atom is 0.307 e. The van der Waals surface area contributed by atoms with Crippen molar-refractivity contribution in [2.75, 3.05) is 0 Å². The van der Waals surface area contributed by atoms with E-state index in [4.69, 9.17) is 11.6 Å². The zero-order valence-corrected chi connectivity index (χ0v) is 12.8. The number of carboxylic acids is 1. The Balaban J connectivity index is 2.32. The predicted molar refractivity (Wildman–Crippen MR) is 86.1 cm³/mol. The van der Waals surface area contributed by atoms with Gasteiger partial charge in [-0.25, -0.2) is 4.98 Å². The summed E-state index contributed by atoms with van der Waals surface area (Å²) in [4.78, 5) is 16.8. The minimum atomic E-state index is -0.862. The van der Waals surface area contributed by atoms with E-state index in [2.05, 4.69) is 4.98 Å². The fourth-order valence-corrected chi connectivity index (χ4v) is 3.49. The van der Waals surface area contributed by atoms with E-state index in [0.717, 1.165) is 26.9 Å². The fourth-order valence-electron chi connectivity index (χ4n) is 2.43. The lowest BCUT2D eigenvalue weighted by Crippen LogP contribution is -2.06. The standard InChI is InChI=1S/C16H12ClNO2S/c1-9-10-4-2-3-5-12(10)18-16(11(9)8-15(19)20)13-6-7-14(17)21-13/h2-7H,8H2,1H3,(H,19,20). The van der Waals surface area contributed by atoms with Gasteiger partial charge in [-0.15, -0.1) is 11.3 Å². The number of aliphatic carboxylic acids is 1. The highest BCUT2D eigenvalue weighted by atomic mass is 35.5. The first-order valence-electron chi connectivity index (χ1n) is 6.42. The van der Waals surface area contributed by atoms with Gasteiger partial charge in [-0.3, -0.25) is 4.79 Å². The van der Waals surface area contributed by atoms with Crippen LogP contribution in [0, 0.1) is 6.92 Å². The van der Waals surface area contributed by atoms with Crippen molar-refractivity contribution in [2.45, 2.75) is 13.3 Å². The van der Waals surface area contributed by atoms with Crippen LogP contribution in [-0.2, 0) is 11.2 Å². The second-order valence-corrected chi connectivity index (χ2v) is 6.47. The van der Waals surface area contributed by atoms with Gasteiger partial charge in [0.25, 0.3) is 0 Å². The second-order valence-electron chi connectivity index (χ2n) is 4.76. The molecule has 106 valence electrons. The van der Waals surface area contributed by atoms with Gasteiger partial charge in [-0.05, 0) is 36.2 Å². The number of hydrogen-bond donors (Lipinski definition) is 1. The highest BCUT2D eigenvalue weighted by molar-refractivity contribution is 7.19. The Kier molecular flexibility index (Phi) is 3.66. The summed E-state index contributed by atoms with van der Waals surface area (Å²) in [5.41, 5.74) is 3.29. The number of aromatic nitrogens is 1. The van der Waals surface area contributed by atoms with E-state index in [0.29, 0.717) is 10.0 Å². The number of carboxylic acid groups (broad SMARTS) is 1. The molecule has 0 aliphatic heterocycles. The molecule has 3 nitrogen and oxygen atoms in total. The smallest absolute Gasteiger partial charge is 0.307 e. The van der Waals surface area contributed by atoms with Crippen LogP contribution in [0.3, 0.4) is 0 Å². The molecule has 0 bridgehead atoms. The maximum absolute atomic E-state index is 11.2. The van der Waals surface area contributed by atoms with Gasteiger partial charge in [0.2, 0.25) is 0 Å². The summed E-state index contributed by atoms with van der Waals surface area (Å²) >= 11 is 7.41. The zero-order chi connectivity index (χ0) is 15.0. The molecule has 0 saturated heterocycles. The largest absolute Gasteiger partial charge is 0.481 e. The Morgan fingerprint density at radius 3 is 2.71 bits per heavy atom. The first-order valence-corrected chi connectivity index (χ1v) is 7.61. The van der Waals surface area contributed by atoms with Crippen molar-refractivity contribution in [1.29, 1.82) is 0 Å². The number of hydrogen-bond acceptors (Lipinski definition) is 3. The molecule has 0 saturated carbocycles. The Morgan fingerprint density at radius 2 is 2.05 bits per heavy atom. The van der Waals surface area contributed by atoms with E-state index in [9.17, 15) is 9.90 Å². The van der Waals surface area contributed by atoms with Gasteiger partial charge in [-0.2, -0.15) is 0 Å². The van der Waals surface area contributed by atoms with Gasteiger partial charge in [0.05, 0.1) is 26.8 Å². The Hall–Kier alpha value is -1.91. The number of halogens is 1. The predicted octanol–water partition coefficient (Wildman–Crippen LogP) is 4.55. The van der Waals surface area contributed by atoms with E-state index in [1.807, 2.05) is 37.3 Å². The minimum Gasteiger partial charge on any atom is -0.481 e. The van der Waals surface area contributed by atoms with E-state index in [-0.39, 0.29) is 6.42 Å². The number of carbonyl (C=O) groups is 1. The maximum atomic E-state index is 11.2. The molecule has 2 heterocycles. The number of pyridine rings is 1. The Morgan fingerprint density at radius 1 is 1.29 bits per heavy atom. The molecule has 0 fully saturated rings. The van der Waals surface area contributed by atoms with Crippen LogP contribution in [0.25, 0.3) is 21.5 Å². The summed E-state index contributed by atoms with van der Waals surface area (Å²) < 4.78 is 0.666. The molecule has 3 aromatic rings. The van der Waals surface area contributed by atoms with Crippen molar-refractivity contribution in [1.82, 2.24) is 4.98 Å². The van der Waals surface area contributed by atoms with Gasteiger partial charge >= 0.3 is 5.97 Å². The fraction of sp³-hybridized carbons (Fsp3) is 0.125. The first-order chi connectivity index (χ1) is 10.1. The average molecular weight is 318 g/mol. The number of rotatable bonds is 3. The highest BCUT2D eigenvalue weighted by Crippen LogP contribution is 2.35. The van der Waals surface area contributed by atoms with E-state index >= 15 is 0 Å². The van der Waals surface area contributed by atoms with E-state index in [1.165, 1.54) is 11.3 Å². The Labute approximate surface area is 130 Å². The minimum absolute atomic E-state index is 0.0471. The average Bonchev–Trinajstić information content (AvgIpc) is 2.88. The van der Waals surface area contributed by atoms with Crippen LogP contribution in [0.4, 0.5) is 0 Å². The van der Waals surface area contributed by atoms with Gasteiger partial charge < -0.3 is 5.11 Å². The normalized spacial score (nSPS) is 11.0. The zero-order valence-electron chi connectivity index (χ0n) is 11.3. The lowest BCUT2D eigenvalue weighted by atomic mass is 9.98. The molecule has 2 aromatic heterocycles. The van der Waals surface area contributed by atoms with Crippen LogP contribution in [0.2, 0.25) is 4.34 Å². The SMILES string of the molecule is Cc1c(CC(=O)O)c(-c2ccc(Cl)s2)nc2ccccc12. The molecule has 1 N–H and O–H groups in total. The van der Waals surface area contributed by atoms with Crippen molar-refractivity contribution >= 4 is 39.8 Å². The van der Waals surface area contributed by atoms with Crippen molar-refractivity contribution in [3.63, 3.8) is 0 Å². The van der Waals surface area contributed by atoms with Crippen LogP contribution in [0.15, 0.2) is 36.4 Å². The molecule has 0 radical (unpaired) electrons. The van der Waals surface area contributed by atoms with Crippen LogP contribution < -0.4 is 0 Å². The third-order valence-corrected chi connectivity index (χ3v) is 4.65. The molecular formula is C16H12ClNO2S. The summed E-state index contributed by atoms with van der Waals surface area (Å²) in [6.07, 6.45) is -0.0471. The van der Waals surface area contributed by atoms with Gasteiger partial charge in [-0.1, -0.05) is 29.8 Å². The van der Waals surface area contributed by atoms with E-state index in [1.54, 1.807) is 6.07 Å². The quantitative estimate of drug-likeness (QED) is 0.771. The summed E-state index contributed by atoms with van der Waals surface area (Å²) in [5, 5.41) is 10.2. The summed E-state index contributed by atoms with van der Waals surface area (Å²) in [7, 11) is 0. The molecule has 3 rings (SSSR count). The third kappa shape index (κ3) is 2.64. The molecule has 1 aromatic carbocycles. The van der Waals surface area contributed by atoms with Crippen molar-refractivity contribution in [3.8, 4) is 10.6 Å². The lowest BCUT2D eigenvalue weighted by Gasteiger charge is -2.12. The van der Waals surface area contributed by atoms with Gasteiger partial charge in [0.1, 0.15) is 0 Å². The number of para-hydroxylation sites is 1. The topological polar surface area (TPSA) is 50.2 Å². The molecule has 0 unspecified atom stereocenters. The van der Waals surface area contributed by atoms with Crippen molar-refractivity contribution in [3.05, 3.63) is 51.9 Å². The van der Waals surface area contributed by atoms with Crippen molar-refractivity contribution < 1.29 is 9.90 Å². The molecule has 0 atom stereocenters. The lowest BCUT2D eigenvalue weighted by molar-refractivity contribution is -0.136. The van der Waals surface area contributed by atoms with Gasteiger partial charge in [0, 0.05) is 5.39 Å². The first kappa shape index (κ1) is 14.0.